The summed E-state index contributed by atoms with van der Waals surface area (Å²) < 4.78 is 0. The molecule has 104 valence electrons. The van der Waals surface area contributed by atoms with Crippen LogP contribution in [0.3, 0.4) is 0 Å². The van der Waals surface area contributed by atoms with E-state index in [0.717, 1.165) is 16.8 Å². The van der Waals surface area contributed by atoms with Gasteiger partial charge in [-0.3, -0.25) is 4.79 Å². The first-order chi connectivity index (χ1) is 10.1. The Bertz CT molecular complexity index is 724. The molecular formula is C17H15N3O. The second-order valence-electron chi connectivity index (χ2n) is 4.70. The minimum atomic E-state index is -0.462. The lowest BCUT2D eigenvalue weighted by molar-refractivity contribution is -0.112. The number of rotatable bonds is 3. The van der Waals surface area contributed by atoms with Crippen molar-refractivity contribution in [2.24, 2.45) is 0 Å². The molecule has 0 radical (unpaired) electrons. The number of hydrogen-bond donors (Lipinski definition) is 1. The highest BCUT2D eigenvalue weighted by molar-refractivity contribution is 6.09. The van der Waals surface area contributed by atoms with Gasteiger partial charge in [0.2, 0.25) is 0 Å². The molecule has 2 aromatic rings. The highest BCUT2D eigenvalue weighted by Gasteiger charge is 2.10. The molecule has 0 bridgehead atoms. The minimum absolute atomic E-state index is 0.0437. The molecule has 0 aliphatic carbocycles. The van der Waals surface area contributed by atoms with Gasteiger partial charge in [-0.15, -0.1) is 0 Å². The Balaban J connectivity index is 2.19. The third-order valence-corrected chi connectivity index (χ3v) is 2.88. The molecule has 0 unspecified atom stereocenters. The molecular weight excluding hydrogens is 262 g/mol. The van der Waals surface area contributed by atoms with E-state index in [1.54, 1.807) is 18.2 Å². The fraction of sp³-hybridized carbons (Fsp3) is 0.118. The third-order valence-electron chi connectivity index (χ3n) is 2.88. The molecule has 1 N–H and O–H groups in total. The molecule has 0 aliphatic heterocycles. The Kier molecular flexibility index (Phi) is 4.47. The maximum atomic E-state index is 12.1. The van der Waals surface area contributed by atoms with Crippen molar-refractivity contribution in [3.63, 3.8) is 0 Å². The molecule has 1 aromatic carbocycles. The summed E-state index contributed by atoms with van der Waals surface area (Å²) >= 11 is 0. The van der Waals surface area contributed by atoms with Crippen molar-refractivity contribution < 1.29 is 4.79 Å². The zero-order valence-electron chi connectivity index (χ0n) is 11.9. The van der Waals surface area contributed by atoms with E-state index in [-0.39, 0.29) is 5.57 Å². The topological polar surface area (TPSA) is 65.8 Å². The summed E-state index contributed by atoms with van der Waals surface area (Å²) in [5.74, 6) is -0.0266. The maximum absolute atomic E-state index is 12.1. The largest absolute Gasteiger partial charge is 0.306 e. The number of nitriles is 1. The third kappa shape index (κ3) is 4.02. The maximum Gasteiger partial charge on any atom is 0.267 e. The molecule has 4 heteroatoms. The number of aromatic nitrogens is 1. The molecule has 4 nitrogen and oxygen atoms in total. The van der Waals surface area contributed by atoms with Crippen LogP contribution in [0.1, 0.15) is 16.8 Å². The summed E-state index contributed by atoms with van der Waals surface area (Å²) in [4.78, 5) is 16.3. The molecule has 1 amide bonds. The monoisotopic (exact) mass is 277 g/mol. The van der Waals surface area contributed by atoms with Gasteiger partial charge in [0.15, 0.2) is 0 Å². The number of hydrogen-bond acceptors (Lipinski definition) is 3. The second-order valence-corrected chi connectivity index (χ2v) is 4.70. The number of pyridine rings is 1. The van der Waals surface area contributed by atoms with Crippen molar-refractivity contribution in [1.82, 2.24) is 4.98 Å². The smallest absolute Gasteiger partial charge is 0.267 e. The lowest BCUT2D eigenvalue weighted by Crippen LogP contribution is -2.14. The van der Waals surface area contributed by atoms with Gasteiger partial charge in [-0.25, -0.2) is 4.98 Å². The van der Waals surface area contributed by atoms with Gasteiger partial charge in [-0.2, -0.15) is 5.26 Å². The lowest BCUT2D eigenvalue weighted by Gasteiger charge is -2.04. The van der Waals surface area contributed by atoms with Crippen molar-refractivity contribution in [2.75, 3.05) is 5.32 Å². The Hall–Kier alpha value is -2.93. The molecule has 0 aliphatic rings. The van der Waals surface area contributed by atoms with Gasteiger partial charge in [0, 0.05) is 5.69 Å². The number of nitrogens with zero attached hydrogens (tertiary/aromatic N) is 2. The number of nitrogens with one attached hydrogen (secondary N) is 1. The molecule has 0 atom stereocenters. The standard InChI is InChI=1S/C17H15N3O/c1-12-6-8-14(9-7-12)10-15(11-18)17(21)20-16-5-3-4-13(2)19-16/h3-10H,1-2H3,(H,19,20,21)/b15-10+. The van der Waals surface area contributed by atoms with Crippen LogP contribution in [0.5, 0.6) is 0 Å². The summed E-state index contributed by atoms with van der Waals surface area (Å²) in [6.45, 7) is 3.82. The van der Waals surface area contributed by atoms with E-state index in [1.807, 2.05) is 50.2 Å². The van der Waals surface area contributed by atoms with E-state index < -0.39 is 5.91 Å². The molecule has 1 aromatic heterocycles. The Labute approximate surface area is 123 Å². The number of aryl methyl sites for hydroxylation is 2. The quantitative estimate of drug-likeness (QED) is 0.691. The fourth-order valence-electron chi connectivity index (χ4n) is 1.77. The fourth-order valence-corrected chi connectivity index (χ4v) is 1.77. The number of amides is 1. The molecule has 0 saturated heterocycles. The molecule has 2 rings (SSSR count). The van der Waals surface area contributed by atoms with Gasteiger partial charge in [-0.05, 0) is 37.6 Å². The van der Waals surface area contributed by atoms with Crippen molar-refractivity contribution in [1.29, 1.82) is 5.26 Å². The first-order valence-electron chi connectivity index (χ1n) is 6.52. The van der Waals surface area contributed by atoms with Crippen molar-refractivity contribution in [3.05, 3.63) is 64.9 Å². The zero-order chi connectivity index (χ0) is 15.2. The molecule has 21 heavy (non-hydrogen) atoms. The average molecular weight is 277 g/mol. The number of carbonyl (C=O) groups is 1. The summed E-state index contributed by atoms with van der Waals surface area (Å²) in [7, 11) is 0. The highest BCUT2D eigenvalue weighted by Crippen LogP contribution is 2.11. The molecule has 1 heterocycles. The zero-order valence-corrected chi connectivity index (χ0v) is 11.9. The summed E-state index contributed by atoms with van der Waals surface area (Å²) in [6.07, 6.45) is 1.56. The van der Waals surface area contributed by atoms with Crippen LogP contribution >= 0.6 is 0 Å². The molecule has 0 fully saturated rings. The summed E-state index contributed by atoms with van der Waals surface area (Å²) in [5.41, 5.74) is 2.78. The van der Waals surface area contributed by atoms with E-state index in [1.165, 1.54) is 0 Å². The van der Waals surface area contributed by atoms with Crippen LogP contribution in [0.25, 0.3) is 6.08 Å². The normalized spacial score (nSPS) is 10.8. The van der Waals surface area contributed by atoms with Crippen molar-refractivity contribution >= 4 is 17.8 Å². The Morgan fingerprint density at radius 1 is 1.19 bits per heavy atom. The number of carbonyl (C=O) groups excluding carboxylic acids is 1. The molecule has 0 saturated carbocycles. The van der Waals surface area contributed by atoms with E-state index >= 15 is 0 Å². The van der Waals surface area contributed by atoms with Crippen molar-refractivity contribution in [3.8, 4) is 6.07 Å². The number of benzene rings is 1. The van der Waals surface area contributed by atoms with Crippen LogP contribution in [-0.4, -0.2) is 10.9 Å². The van der Waals surface area contributed by atoms with Crippen molar-refractivity contribution in [2.45, 2.75) is 13.8 Å². The Morgan fingerprint density at radius 2 is 1.90 bits per heavy atom. The molecule has 0 spiro atoms. The van der Waals surface area contributed by atoms with Gasteiger partial charge in [0.1, 0.15) is 17.5 Å². The van der Waals surface area contributed by atoms with E-state index in [9.17, 15) is 4.79 Å². The predicted octanol–water partition coefficient (Wildman–Crippen LogP) is 3.24. The van der Waals surface area contributed by atoms with Crippen LogP contribution in [0, 0.1) is 25.2 Å². The van der Waals surface area contributed by atoms with Gasteiger partial charge in [0.25, 0.3) is 5.91 Å². The summed E-state index contributed by atoms with van der Waals surface area (Å²) in [5, 5.41) is 11.8. The van der Waals surface area contributed by atoms with Crippen LogP contribution in [0.2, 0.25) is 0 Å². The van der Waals surface area contributed by atoms with E-state index in [0.29, 0.717) is 5.82 Å². The minimum Gasteiger partial charge on any atom is -0.306 e. The van der Waals surface area contributed by atoms with Gasteiger partial charge >= 0.3 is 0 Å². The number of anilines is 1. The van der Waals surface area contributed by atoms with Crippen LogP contribution < -0.4 is 5.32 Å². The second kappa shape index (κ2) is 6.49. The van der Waals surface area contributed by atoms with E-state index in [4.69, 9.17) is 5.26 Å². The van der Waals surface area contributed by atoms with Crippen LogP contribution in [-0.2, 0) is 4.79 Å². The SMILES string of the molecule is Cc1ccc(/C=C(\C#N)C(=O)Nc2cccc(C)n2)cc1. The van der Waals surface area contributed by atoms with E-state index in [2.05, 4.69) is 10.3 Å². The average Bonchev–Trinajstić information content (AvgIpc) is 2.46. The first kappa shape index (κ1) is 14.5. The van der Waals surface area contributed by atoms with Crippen LogP contribution in [0.15, 0.2) is 48.0 Å². The first-order valence-corrected chi connectivity index (χ1v) is 6.52. The van der Waals surface area contributed by atoms with Gasteiger partial charge < -0.3 is 5.32 Å². The van der Waals surface area contributed by atoms with Crippen LogP contribution in [0.4, 0.5) is 5.82 Å². The predicted molar refractivity (Wildman–Crippen MR) is 82.4 cm³/mol. The lowest BCUT2D eigenvalue weighted by atomic mass is 10.1. The highest BCUT2D eigenvalue weighted by atomic mass is 16.1. The van der Waals surface area contributed by atoms with Gasteiger partial charge in [0.05, 0.1) is 0 Å². The summed E-state index contributed by atoms with van der Waals surface area (Å²) in [6, 6.07) is 14.8. The Morgan fingerprint density at radius 3 is 2.52 bits per heavy atom. The van der Waals surface area contributed by atoms with Gasteiger partial charge in [-0.1, -0.05) is 35.9 Å².